The highest BCUT2D eigenvalue weighted by atomic mass is 15.0. The summed E-state index contributed by atoms with van der Waals surface area (Å²) in [6.45, 7) is 0. The molecule has 0 atom stereocenters. The van der Waals surface area contributed by atoms with E-state index in [0.717, 1.165) is 38.7 Å². The van der Waals surface area contributed by atoms with Crippen LogP contribution in [0.25, 0.3) is 66.1 Å². The normalized spacial score (nSPS) is 11.6. The molecule has 0 unspecified atom stereocenters. The van der Waals surface area contributed by atoms with Crippen LogP contribution < -0.4 is 38.2 Å². The maximum atomic E-state index is 10.8. The highest BCUT2D eigenvalue weighted by molar-refractivity contribution is 6.66. The van der Waals surface area contributed by atoms with E-state index in [9.17, 15) is 5.26 Å². The van der Waals surface area contributed by atoms with E-state index in [4.69, 9.17) is 0 Å². The summed E-state index contributed by atoms with van der Waals surface area (Å²) in [6.07, 6.45) is 0. The summed E-state index contributed by atoms with van der Waals surface area (Å²) in [5.41, 5.74) is 18.4. The quantitative estimate of drug-likeness (QED) is 0.205. The van der Waals surface area contributed by atoms with Gasteiger partial charge in [-0.05, 0) is 35.4 Å². The Kier molecular flexibility index (Phi) is 6.67. The van der Waals surface area contributed by atoms with Crippen molar-refractivity contribution in [2.24, 2.45) is 0 Å². The van der Waals surface area contributed by atoms with Gasteiger partial charge < -0.3 is 9.13 Å². The second-order valence-electron chi connectivity index (χ2n) is 13.0. The van der Waals surface area contributed by atoms with Crippen LogP contribution in [-0.2, 0) is 0 Å². The van der Waals surface area contributed by atoms with Crippen molar-refractivity contribution in [2.75, 3.05) is 0 Å². The Morgan fingerprint density at radius 1 is 0.383 bits per heavy atom. The molecule has 2 aromatic heterocycles. The van der Waals surface area contributed by atoms with Gasteiger partial charge >= 0.3 is 0 Å². The molecular weight excluding hydrogens is 562 g/mol. The molecule has 0 radical (unpaired) electrons. The third-order valence-electron chi connectivity index (χ3n) is 10.9. The van der Waals surface area contributed by atoms with Crippen LogP contribution in [0.2, 0.25) is 0 Å². The minimum absolute atomic E-state index is 0.729. The molecule has 0 aliphatic rings. The average molecular weight is 592 g/mol. The molecule has 0 N–H and O–H groups in total. The maximum absolute atomic E-state index is 10.8. The molecule has 3 nitrogen and oxygen atoms in total. The largest absolute Gasteiger partial charge is 0.309 e. The lowest BCUT2D eigenvalue weighted by Gasteiger charge is -2.29. The number of para-hydroxylation sites is 4. The summed E-state index contributed by atoms with van der Waals surface area (Å²) in [6, 6.07) is 37.3. The fraction of sp³-hybridized carbons (Fsp3) is 0. The van der Waals surface area contributed by atoms with E-state index >= 15 is 0 Å². The first-order chi connectivity index (χ1) is 22.8. The molecule has 0 fully saturated rings. The second kappa shape index (κ2) is 10.7. The highest BCUT2D eigenvalue weighted by Crippen LogP contribution is 2.36. The molecule has 10 heteroatoms. The van der Waals surface area contributed by atoms with Gasteiger partial charge in [-0.2, -0.15) is 5.26 Å². The molecular formula is C37H30B7N3. The van der Waals surface area contributed by atoms with Gasteiger partial charge in [0, 0.05) is 27.2 Å². The molecule has 0 amide bonds. The van der Waals surface area contributed by atoms with Crippen LogP contribution in [0.15, 0.2) is 97.1 Å². The Morgan fingerprint density at radius 3 is 1.17 bits per heavy atom. The highest BCUT2D eigenvalue weighted by Gasteiger charge is 2.27. The Labute approximate surface area is 281 Å². The summed E-state index contributed by atoms with van der Waals surface area (Å²) in [5.74, 6) is 0. The van der Waals surface area contributed by atoms with Crippen molar-refractivity contribution >= 4 is 137 Å². The molecule has 0 spiro atoms. The number of rotatable bonds is 3. The summed E-state index contributed by atoms with van der Waals surface area (Å²) < 4.78 is 4.82. The van der Waals surface area contributed by atoms with Crippen molar-refractivity contribution in [2.45, 2.75) is 0 Å². The van der Waals surface area contributed by atoms with E-state index < -0.39 is 0 Å². The molecule has 0 aliphatic heterocycles. The van der Waals surface area contributed by atoms with Gasteiger partial charge in [0.05, 0.1) is 33.3 Å². The smallest absolute Gasteiger partial charge is 0.142 e. The number of aromatic nitrogens is 2. The van der Waals surface area contributed by atoms with Gasteiger partial charge in [-0.3, -0.25) is 0 Å². The molecule has 6 aromatic carbocycles. The van der Waals surface area contributed by atoms with E-state index in [0.29, 0.717) is 0 Å². The standard InChI is InChI=1S/C37H30B7N3/c38-29-22(17-45)36(46-23-13-5-1-9-18(23)19-10-2-6-14-24(19)46)32(41)27(30(29)39)28-31(40)33(42)34(43)35(44)37(28)47-25-15-7-3-11-20(25)21-12-4-8-16-26(21)47/h1-16H,38-44H2. The zero-order valence-corrected chi connectivity index (χ0v) is 28.1. The molecule has 0 aliphatic carbocycles. The first-order valence-electron chi connectivity index (χ1n) is 16.4. The minimum Gasteiger partial charge on any atom is -0.309 e. The first kappa shape index (κ1) is 29.3. The van der Waals surface area contributed by atoms with Gasteiger partial charge in [-0.25, -0.2) is 0 Å². The monoisotopic (exact) mass is 593 g/mol. The van der Waals surface area contributed by atoms with Crippen molar-refractivity contribution in [3.63, 3.8) is 0 Å². The SMILES string of the molecule is Bc1c(B)c(B)c(-n2c3ccccc3c3ccccc32)c(-c2c(B)c(B)c(C#N)c(-n3c4ccccc4c4ccccc43)c2B)c1B. The third-order valence-corrected chi connectivity index (χ3v) is 10.9. The number of hydrogen-bond acceptors (Lipinski definition) is 1. The second-order valence-corrected chi connectivity index (χ2v) is 13.0. The number of hydrogen-bond donors (Lipinski definition) is 0. The molecule has 214 valence electrons. The summed E-state index contributed by atoms with van der Waals surface area (Å²) in [4.78, 5) is 0. The van der Waals surface area contributed by atoms with Crippen molar-refractivity contribution in [3.05, 3.63) is 103 Å². The Balaban J connectivity index is 1.59. The maximum Gasteiger partial charge on any atom is 0.142 e. The number of nitriles is 1. The van der Waals surface area contributed by atoms with Gasteiger partial charge in [-0.15, -0.1) is 5.46 Å². The average Bonchev–Trinajstić information content (AvgIpc) is 3.61. The molecule has 8 aromatic rings. The van der Waals surface area contributed by atoms with Crippen LogP contribution in [-0.4, -0.2) is 64.1 Å². The fourth-order valence-electron chi connectivity index (χ4n) is 8.14. The van der Waals surface area contributed by atoms with Gasteiger partial charge in [0.1, 0.15) is 61.0 Å². The van der Waals surface area contributed by atoms with E-state index in [-0.39, 0.29) is 0 Å². The van der Waals surface area contributed by atoms with Crippen LogP contribution >= 0.6 is 0 Å². The molecule has 8 rings (SSSR count). The molecule has 0 bridgehead atoms. The van der Waals surface area contributed by atoms with Crippen LogP contribution in [0.5, 0.6) is 0 Å². The predicted molar refractivity (Wildman–Crippen MR) is 223 cm³/mol. The predicted octanol–water partition coefficient (Wildman–Crippen LogP) is -2.77. The summed E-state index contributed by atoms with van der Waals surface area (Å²) >= 11 is 0. The van der Waals surface area contributed by atoms with E-state index in [1.165, 1.54) is 71.2 Å². The molecule has 2 heterocycles. The molecule has 47 heavy (non-hydrogen) atoms. The topological polar surface area (TPSA) is 33.6 Å². The van der Waals surface area contributed by atoms with Crippen molar-refractivity contribution in [1.82, 2.24) is 9.13 Å². The first-order valence-corrected chi connectivity index (χ1v) is 16.4. The lowest BCUT2D eigenvalue weighted by molar-refractivity contribution is 1.18. The Bertz CT molecular complexity index is 2570. The number of fused-ring (bicyclic) bond motifs is 6. The number of nitrogens with zero attached hydrogens (tertiary/aromatic N) is 3. The van der Waals surface area contributed by atoms with E-state index in [2.05, 4.69) is 167 Å². The Hall–Kier alpha value is -5.14. The zero-order chi connectivity index (χ0) is 32.7. The minimum atomic E-state index is 0.729. The van der Waals surface area contributed by atoms with Crippen LogP contribution in [0.4, 0.5) is 0 Å². The van der Waals surface area contributed by atoms with Crippen molar-refractivity contribution in [3.8, 4) is 28.6 Å². The van der Waals surface area contributed by atoms with Crippen molar-refractivity contribution < 1.29 is 0 Å². The van der Waals surface area contributed by atoms with Crippen LogP contribution in [0, 0.1) is 11.3 Å². The fourth-order valence-corrected chi connectivity index (χ4v) is 8.14. The van der Waals surface area contributed by atoms with E-state index in [1.807, 2.05) is 0 Å². The van der Waals surface area contributed by atoms with Gasteiger partial charge in [0.25, 0.3) is 0 Å². The van der Waals surface area contributed by atoms with Crippen LogP contribution in [0.1, 0.15) is 5.56 Å². The van der Waals surface area contributed by atoms with E-state index in [1.54, 1.807) is 0 Å². The summed E-state index contributed by atoms with van der Waals surface area (Å²) in [5, 5.41) is 15.7. The molecule has 0 saturated carbocycles. The van der Waals surface area contributed by atoms with Crippen LogP contribution in [0.3, 0.4) is 0 Å². The van der Waals surface area contributed by atoms with Gasteiger partial charge in [-0.1, -0.05) is 106 Å². The number of benzene rings is 6. The van der Waals surface area contributed by atoms with Crippen molar-refractivity contribution in [1.29, 1.82) is 5.26 Å². The lowest BCUT2D eigenvalue weighted by Crippen LogP contribution is -2.51. The lowest BCUT2D eigenvalue weighted by atomic mass is 9.60. The zero-order valence-electron chi connectivity index (χ0n) is 28.1. The Morgan fingerprint density at radius 2 is 0.745 bits per heavy atom. The summed E-state index contributed by atoms with van der Waals surface area (Å²) in [7, 11) is 15.6. The third kappa shape index (κ3) is 3.96. The van der Waals surface area contributed by atoms with Gasteiger partial charge in [0.2, 0.25) is 0 Å². The molecule has 0 saturated heterocycles. The van der Waals surface area contributed by atoms with Gasteiger partial charge in [0.15, 0.2) is 0 Å².